The molecule has 3 aromatic rings. The standard InChI is InChI=1S/C18H18ClN3/c19-14-6-5-8-15-17(14)13(12-21-15)18(22-10-3-4-11-22)16-7-1-2-9-20-16/h1-2,5-9,12,18,21H,3-4,10-11H2. The molecule has 1 aliphatic heterocycles. The van der Waals surface area contributed by atoms with Gasteiger partial charge in [0.15, 0.2) is 0 Å². The van der Waals surface area contributed by atoms with Crippen LogP contribution in [0.3, 0.4) is 0 Å². The zero-order valence-corrected chi connectivity index (χ0v) is 13.1. The molecule has 1 saturated heterocycles. The molecule has 0 spiro atoms. The van der Waals surface area contributed by atoms with Crippen molar-refractivity contribution in [2.24, 2.45) is 0 Å². The molecule has 22 heavy (non-hydrogen) atoms. The first-order valence-electron chi connectivity index (χ1n) is 7.75. The zero-order chi connectivity index (χ0) is 14.9. The minimum atomic E-state index is 0.164. The van der Waals surface area contributed by atoms with Gasteiger partial charge in [0, 0.05) is 28.9 Å². The summed E-state index contributed by atoms with van der Waals surface area (Å²) in [5, 5.41) is 1.92. The largest absolute Gasteiger partial charge is 0.361 e. The molecule has 0 radical (unpaired) electrons. The van der Waals surface area contributed by atoms with Crippen molar-refractivity contribution in [2.45, 2.75) is 18.9 Å². The average molecular weight is 312 g/mol. The Hall–Kier alpha value is -1.84. The SMILES string of the molecule is Clc1cccc2[nH]cc(C(c3ccccn3)N3CCCC3)c12. The zero-order valence-electron chi connectivity index (χ0n) is 12.3. The molecular weight excluding hydrogens is 294 g/mol. The van der Waals surface area contributed by atoms with E-state index in [2.05, 4.69) is 39.3 Å². The summed E-state index contributed by atoms with van der Waals surface area (Å²) in [6.07, 6.45) is 6.46. The third-order valence-electron chi connectivity index (χ3n) is 4.45. The molecule has 1 N–H and O–H groups in total. The molecule has 1 unspecified atom stereocenters. The molecule has 2 aromatic heterocycles. The number of aromatic nitrogens is 2. The van der Waals surface area contributed by atoms with E-state index in [1.807, 2.05) is 24.4 Å². The Balaban J connectivity index is 1.89. The van der Waals surface area contributed by atoms with Gasteiger partial charge in [0.2, 0.25) is 0 Å². The Morgan fingerprint density at radius 3 is 2.73 bits per heavy atom. The third kappa shape index (κ3) is 2.31. The first-order valence-corrected chi connectivity index (χ1v) is 8.13. The van der Waals surface area contributed by atoms with Crippen LogP contribution in [-0.2, 0) is 0 Å². The maximum absolute atomic E-state index is 6.48. The van der Waals surface area contributed by atoms with Gasteiger partial charge in [-0.2, -0.15) is 0 Å². The van der Waals surface area contributed by atoms with Crippen LogP contribution in [0, 0.1) is 0 Å². The minimum Gasteiger partial charge on any atom is -0.361 e. The van der Waals surface area contributed by atoms with Gasteiger partial charge < -0.3 is 4.98 Å². The Morgan fingerprint density at radius 1 is 1.09 bits per heavy atom. The Bertz CT molecular complexity index is 775. The quantitative estimate of drug-likeness (QED) is 0.777. The fourth-order valence-corrected chi connectivity index (χ4v) is 3.75. The van der Waals surface area contributed by atoms with Crippen LogP contribution in [-0.4, -0.2) is 28.0 Å². The molecule has 4 heteroatoms. The summed E-state index contributed by atoms with van der Waals surface area (Å²) in [6, 6.07) is 12.3. The number of pyridine rings is 1. The van der Waals surface area contributed by atoms with Crippen LogP contribution in [0.5, 0.6) is 0 Å². The highest BCUT2D eigenvalue weighted by atomic mass is 35.5. The molecule has 3 nitrogen and oxygen atoms in total. The van der Waals surface area contributed by atoms with Crippen LogP contribution >= 0.6 is 11.6 Å². The Kier molecular flexibility index (Phi) is 3.60. The van der Waals surface area contributed by atoms with Crippen molar-refractivity contribution in [2.75, 3.05) is 13.1 Å². The van der Waals surface area contributed by atoms with Crippen LogP contribution in [0.2, 0.25) is 5.02 Å². The molecule has 112 valence electrons. The van der Waals surface area contributed by atoms with Gasteiger partial charge in [-0.3, -0.25) is 9.88 Å². The van der Waals surface area contributed by atoms with Crippen LogP contribution < -0.4 is 0 Å². The number of aromatic amines is 1. The summed E-state index contributed by atoms with van der Waals surface area (Å²) in [5.41, 5.74) is 3.40. The second-order valence-electron chi connectivity index (χ2n) is 5.81. The number of benzene rings is 1. The maximum Gasteiger partial charge on any atom is 0.0797 e. The van der Waals surface area contributed by atoms with E-state index in [-0.39, 0.29) is 6.04 Å². The van der Waals surface area contributed by atoms with Gasteiger partial charge in [-0.15, -0.1) is 0 Å². The van der Waals surface area contributed by atoms with E-state index in [0.717, 1.165) is 34.7 Å². The number of halogens is 1. The van der Waals surface area contributed by atoms with Crippen LogP contribution in [0.25, 0.3) is 10.9 Å². The van der Waals surface area contributed by atoms with Gasteiger partial charge in [-0.05, 0) is 50.2 Å². The fraction of sp³-hybridized carbons (Fsp3) is 0.278. The summed E-state index contributed by atoms with van der Waals surface area (Å²) in [5.74, 6) is 0. The van der Waals surface area contributed by atoms with Crippen LogP contribution in [0.15, 0.2) is 48.8 Å². The number of hydrogen-bond acceptors (Lipinski definition) is 2. The second-order valence-corrected chi connectivity index (χ2v) is 6.21. The number of hydrogen-bond donors (Lipinski definition) is 1. The van der Waals surface area contributed by atoms with Crippen molar-refractivity contribution in [1.29, 1.82) is 0 Å². The molecule has 1 fully saturated rings. The lowest BCUT2D eigenvalue weighted by molar-refractivity contribution is 0.278. The summed E-state index contributed by atoms with van der Waals surface area (Å²) >= 11 is 6.48. The van der Waals surface area contributed by atoms with Gasteiger partial charge in [0.25, 0.3) is 0 Å². The van der Waals surface area contributed by atoms with E-state index < -0.39 is 0 Å². The van der Waals surface area contributed by atoms with E-state index in [1.165, 1.54) is 18.4 Å². The van der Waals surface area contributed by atoms with Crippen molar-refractivity contribution in [3.63, 3.8) is 0 Å². The smallest absolute Gasteiger partial charge is 0.0797 e. The predicted octanol–water partition coefficient (Wildman–Crippen LogP) is 4.40. The van der Waals surface area contributed by atoms with E-state index in [0.29, 0.717) is 0 Å². The highest BCUT2D eigenvalue weighted by molar-refractivity contribution is 6.35. The molecule has 3 heterocycles. The van der Waals surface area contributed by atoms with E-state index in [9.17, 15) is 0 Å². The summed E-state index contributed by atoms with van der Waals surface area (Å²) in [7, 11) is 0. The minimum absolute atomic E-state index is 0.164. The number of H-pyrrole nitrogens is 1. The lowest BCUT2D eigenvalue weighted by atomic mass is 10.0. The van der Waals surface area contributed by atoms with Crippen molar-refractivity contribution >= 4 is 22.5 Å². The summed E-state index contributed by atoms with van der Waals surface area (Å²) in [4.78, 5) is 10.5. The highest BCUT2D eigenvalue weighted by Gasteiger charge is 2.28. The molecule has 0 saturated carbocycles. The van der Waals surface area contributed by atoms with Crippen molar-refractivity contribution in [3.8, 4) is 0 Å². The van der Waals surface area contributed by atoms with Crippen molar-refractivity contribution in [3.05, 3.63) is 65.1 Å². The molecule has 4 rings (SSSR count). The summed E-state index contributed by atoms with van der Waals surface area (Å²) < 4.78 is 0. The normalized spacial score (nSPS) is 17.1. The fourth-order valence-electron chi connectivity index (χ4n) is 3.46. The molecule has 1 atom stereocenters. The lowest BCUT2D eigenvalue weighted by Crippen LogP contribution is -2.27. The Morgan fingerprint density at radius 2 is 1.95 bits per heavy atom. The number of fused-ring (bicyclic) bond motifs is 1. The van der Waals surface area contributed by atoms with Gasteiger partial charge in [-0.25, -0.2) is 0 Å². The van der Waals surface area contributed by atoms with Gasteiger partial charge in [0.05, 0.1) is 16.8 Å². The molecule has 1 aromatic carbocycles. The van der Waals surface area contributed by atoms with Crippen LogP contribution in [0.1, 0.15) is 30.1 Å². The predicted molar refractivity (Wildman–Crippen MR) is 90.2 cm³/mol. The molecule has 0 aliphatic carbocycles. The summed E-state index contributed by atoms with van der Waals surface area (Å²) in [6.45, 7) is 2.22. The molecule has 1 aliphatic rings. The molecule has 0 bridgehead atoms. The number of rotatable bonds is 3. The van der Waals surface area contributed by atoms with E-state index in [4.69, 9.17) is 11.6 Å². The number of nitrogens with zero attached hydrogens (tertiary/aromatic N) is 2. The molecule has 0 amide bonds. The number of likely N-dealkylation sites (tertiary alicyclic amines) is 1. The topological polar surface area (TPSA) is 31.9 Å². The van der Waals surface area contributed by atoms with Crippen molar-refractivity contribution < 1.29 is 0 Å². The van der Waals surface area contributed by atoms with E-state index in [1.54, 1.807) is 0 Å². The van der Waals surface area contributed by atoms with Gasteiger partial charge in [-0.1, -0.05) is 23.7 Å². The highest BCUT2D eigenvalue weighted by Crippen LogP contribution is 2.37. The average Bonchev–Trinajstić information content (AvgIpc) is 3.20. The van der Waals surface area contributed by atoms with Gasteiger partial charge >= 0.3 is 0 Å². The molecular formula is C18H18ClN3. The number of nitrogens with one attached hydrogen (secondary N) is 1. The monoisotopic (exact) mass is 311 g/mol. The first kappa shape index (κ1) is 13.8. The maximum atomic E-state index is 6.48. The van der Waals surface area contributed by atoms with Crippen molar-refractivity contribution in [1.82, 2.24) is 14.9 Å². The van der Waals surface area contributed by atoms with Gasteiger partial charge in [0.1, 0.15) is 0 Å². The lowest BCUT2D eigenvalue weighted by Gasteiger charge is -2.27. The van der Waals surface area contributed by atoms with Crippen LogP contribution in [0.4, 0.5) is 0 Å². The second kappa shape index (κ2) is 5.75. The van der Waals surface area contributed by atoms with E-state index >= 15 is 0 Å². The Labute approximate surface area is 134 Å². The third-order valence-corrected chi connectivity index (χ3v) is 4.77. The first-order chi connectivity index (χ1) is 10.8.